The lowest BCUT2D eigenvalue weighted by atomic mass is 9.61. The van der Waals surface area contributed by atoms with Crippen LogP contribution in [-0.2, 0) is 19.1 Å². The van der Waals surface area contributed by atoms with Crippen molar-refractivity contribution in [3.8, 4) is 0 Å². The molecule has 0 saturated heterocycles. The van der Waals surface area contributed by atoms with E-state index in [1.807, 2.05) is 0 Å². The Bertz CT molecular complexity index is 889. The number of ketones is 1. The monoisotopic (exact) mass is 462 g/mol. The SMILES string of the molecule is CC(C)(C1CCCCC1)C1CCC(OS(=O)(=O)C2CCCC3C(=O)C(=[N+]=[N-])C=CC32)CC1. The summed E-state index contributed by atoms with van der Waals surface area (Å²) in [5.74, 6) is 0.320. The second kappa shape index (κ2) is 9.52. The highest BCUT2D eigenvalue weighted by atomic mass is 32.2. The van der Waals surface area contributed by atoms with Crippen LogP contribution in [0.3, 0.4) is 0 Å². The molecule has 0 aromatic heterocycles. The predicted octanol–water partition coefficient (Wildman–Crippen LogP) is 5.09. The minimum atomic E-state index is -3.78. The van der Waals surface area contributed by atoms with E-state index >= 15 is 0 Å². The van der Waals surface area contributed by atoms with Gasteiger partial charge in [0.05, 0.1) is 11.4 Å². The van der Waals surface area contributed by atoms with Crippen molar-refractivity contribution < 1.29 is 22.2 Å². The molecule has 178 valence electrons. The van der Waals surface area contributed by atoms with Gasteiger partial charge in [-0.25, -0.2) is 0 Å². The molecule has 0 bridgehead atoms. The third kappa shape index (κ3) is 4.67. The molecule has 0 aromatic rings. The summed E-state index contributed by atoms with van der Waals surface area (Å²) < 4.78 is 32.3. The third-order valence-corrected chi connectivity index (χ3v) is 10.9. The normalized spacial score (nSPS) is 34.8. The fraction of sp³-hybridized carbons (Fsp3) is 0.840. The fourth-order valence-electron chi connectivity index (χ4n) is 6.98. The molecule has 3 unspecified atom stereocenters. The lowest BCUT2D eigenvalue weighted by molar-refractivity contribution is -0.122. The molecule has 7 heteroatoms. The van der Waals surface area contributed by atoms with E-state index in [1.165, 1.54) is 38.2 Å². The average molecular weight is 463 g/mol. The molecule has 0 spiro atoms. The van der Waals surface area contributed by atoms with Crippen LogP contribution in [0.15, 0.2) is 12.2 Å². The van der Waals surface area contributed by atoms with Gasteiger partial charge < -0.3 is 5.53 Å². The lowest BCUT2D eigenvalue weighted by Crippen LogP contribution is -2.46. The standard InChI is InChI=1S/C25H38N2O4S/c1-25(2,17-7-4-3-5-8-17)18-11-13-19(14-12-18)31-32(29,30)23-10-6-9-21-20(23)15-16-22(27-26)24(21)28/h15-21,23H,3-14H2,1-2H3. The molecule has 4 aliphatic carbocycles. The molecule has 0 N–H and O–H groups in total. The van der Waals surface area contributed by atoms with Gasteiger partial charge in [0, 0.05) is 17.9 Å². The summed E-state index contributed by atoms with van der Waals surface area (Å²) >= 11 is 0. The Hall–Kier alpha value is -1.30. The van der Waals surface area contributed by atoms with Crippen molar-refractivity contribution in [2.24, 2.45) is 29.1 Å². The minimum absolute atomic E-state index is 0.0177. The first kappa shape index (κ1) is 23.8. The number of allylic oxidation sites excluding steroid dienone is 2. The first-order valence-electron chi connectivity index (χ1n) is 12.6. The van der Waals surface area contributed by atoms with E-state index in [0.29, 0.717) is 30.6 Å². The third-order valence-electron chi connectivity index (χ3n) is 9.10. The van der Waals surface area contributed by atoms with Crippen LogP contribution in [0.2, 0.25) is 0 Å². The Labute approximate surface area is 192 Å². The second-order valence-corrected chi connectivity index (χ2v) is 12.9. The highest BCUT2D eigenvalue weighted by Gasteiger charge is 2.48. The van der Waals surface area contributed by atoms with Crippen molar-refractivity contribution in [3.63, 3.8) is 0 Å². The van der Waals surface area contributed by atoms with E-state index in [4.69, 9.17) is 9.71 Å². The van der Waals surface area contributed by atoms with E-state index in [9.17, 15) is 13.2 Å². The summed E-state index contributed by atoms with van der Waals surface area (Å²) in [6.45, 7) is 4.84. The Morgan fingerprint density at radius 2 is 1.59 bits per heavy atom. The number of rotatable bonds is 5. The van der Waals surface area contributed by atoms with Crippen LogP contribution in [-0.4, -0.2) is 36.1 Å². The fourth-order valence-corrected chi connectivity index (χ4v) is 8.82. The summed E-state index contributed by atoms with van der Waals surface area (Å²) in [5, 5.41) is -0.696. The van der Waals surface area contributed by atoms with Crippen molar-refractivity contribution >= 4 is 21.6 Å². The number of nitrogens with zero attached hydrogens (tertiary/aromatic N) is 2. The largest absolute Gasteiger partial charge is 0.361 e. The summed E-state index contributed by atoms with van der Waals surface area (Å²) in [6, 6.07) is 0. The Morgan fingerprint density at radius 1 is 0.938 bits per heavy atom. The first-order chi connectivity index (χ1) is 15.2. The highest BCUT2D eigenvalue weighted by Crippen LogP contribution is 2.49. The zero-order valence-electron chi connectivity index (χ0n) is 19.5. The van der Waals surface area contributed by atoms with Gasteiger partial charge in [-0.15, -0.1) is 0 Å². The van der Waals surface area contributed by atoms with Crippen molar-refractivity contribution in [1.29, 1.82) is 0 Å². The number of carbonyl (C=O) groups is 1. The van der Waals surface area contributed by atoms with E-state index in [0.717, 1.165) is 31.6 Å². The summed E-state index contributed by atoms with van der Waals surface area (Å²) in [6.07, 6.45) is 15.1. The summed E-state index contributed by atoms with van der Waals surface area (Å²) in [4.78, 5) is 15.6. The molecule has 3 saturated carbocycles. The van der Waals surface area contributed by atoms with Gasteiger partial charge in [0.1, 0.15) is 0 Å². The van der Waals surface area contributed by atoms with E-state index in [-0.39, 0.29) is 17.6 Å². The highest BCUT2D eigenvalue weighted by molar-refractivity contribution is 7.87. The molecular formula is C25H38N2O4S. The van der Waals surface area contributed by atoms with Crippen LogP contribution >= 0.6 is 0 Å². The predicted molar refractivity (Wildman–Crippen MR) is 123 cm³/mol. The van der Waals surface area contributed by atoms with Gasteiger partial charge in [-0.2, -0.15) is 13.2 Å². The number of hydrogen-bond donors (Lipinski definition) is 0. The molecule has 0 aliphatic heterocycles. The molecule has 0 aromatic carbocycles. The van der Waals surface area contributed by atoms with Gasteiger partial charge in [-0.3, -0.25) is 8.98 Å². The molecule has 0 amide bonds. The van der Waals surface area contributed by atoms with Crippen LogP contribution in [0.4, 0.5) is 0 Å². The Kier molecular flexibility index (Phi) is 7.09. The topological polar surface area (TPSA) is 96.8 Å². The maximum absolute atomic E-state index is 13.2. The smallest absolute Gasteiger partial charge is 0.357 e. The van der Waals surface area contributed by atoms with E-state index in [1.54, 1.807) is 6.08 Å². The summed E-state index contributed by atoms with van der Waals surface area (Å²) in [5.41, 5.74) is 9.35. The van der Waals surface area contributed by atoms with Crippen LogP contribution < -0.4 is 0 Å². The van der Waals surface area contributed by atoms with Crippen LogP contribution in [0, 0.1) is 29.1 Å². The molecule has 4 aliphatic rings. The van der Waals surface area contributed by atoms with Crippen LogP contribution in [0.1, 0.15) is 90.9 Å². The van der Waals surface area contributed by atoms with Crippen molar-refractivity contribution in [2.75, 3.05) is 0 Å². The van der Waals surface area contributed by atoms with Crippen molar-refractivity contribution in [3.05, 3.63) is 17.7 Å². The van der Waals surface area contributed by atoms with Gasteiger partial charge in [0.2, 0.25) is 5.78 Å². The van der Waals surface area contributed by atoms with Crippen molar-refractivity contribution in [1.82, 2.24) is 0 Å². The van der Waals surface area contributed by atoms with Gasteiger partial charge in [-0.05, 0) is 68.6 Å². The minimum Gasteiger partial charge on any atom is -0.361 e. The van der Waals surface area contributed by atoms with Crippen LogP contribution in [0.5, 0.6) is 0 Å². The second-order valence-electron chi connectivity index (χ2n) is 11.1. The summed E-state index contributed by atoms with van der Waals surface area (Å²) in [7, 11) is -3.78. The number of Topliss-reactive ketones (excluding diaryl/α,β-unsaturated/α-hetero) is 1. The zero-order valence-corrected chi connectivity index (χ0v) is 20.4. The van der Waals surface area contributed by atoms with Gasteiger partial charge in [0.15, 0.2) is 0 Å². The molecule has 3 fully saturated rings. The van der Waals surface area contributed by atoms with Gasteiger partial charge in [0.25, 0.3) is 10.1 Å². The van der Waals surface area contributed by atoms with E-state index in [2.05, 4.69) is 18.6 Å². The van der Waals surface area contributed by atoms with Crippen molar-refractivity contribution in [2.45, 2.75) is 102 Å². The first-order valence-corrected chi connectivity index (χ1v) is 14.1. The maximum atomic E-state index is 13.2. The van der Waals surface area contributed by atoms with E-state index < -0.39 is 27.2 Å². The van der Waals surface area contributed by atoms with Crippen LogP contribution in [0.25, 0.3) is 5.53 Å². The maximum Gasteiger partial charge on any atom is 0.357 e. The quantitative estimate of drug-likeness (QED) is 0.323. The molecule has 0 heterocycles. The lowest BCUT2D eigenvalue weighted by Gasteiger charge is -2.46. The zero-order chi connectivity index (χ0) is 22.9. The molecule has 0 radical (unpaired) electrons. The van der Waals surface area contributed by atoms with Gasteiger partial charge >= 0.3 is 5.71 Å². The molecule has 6 nitrogen and oxygen atoms in total. The Morgan fingerprint density at radius 3 is 2.25 bits per heavy atom. The average Bonchev–Trinajstić information content (AvgIpc) is 2.80. The number of hydrogen-bond acceptors (Lipinski definition) is 4. The number of carbonyl (C=O) groups excluding carboxylic acids is 1. The number of fused-ring (bicyclic) bond motifs is 1. The molecular weight excluding hydrogens is 424 g/mol. The molecule has 32 heavy (non-hydrogen) atoms. The molecule has 3 atom stereocenters. The Balaban J connectivity index is 1.38. The molecule has 4 rings (SSSR count). The van der Waals surface area contributed by atoms with Gasteiger partial charge in [-0.1, -0.05) is 45.6 Å².